The number of halogens is 1. The zero-order chi connectivity index (χ0) is 17.1. The van der Waals surface area contributed by atoms with Crippen molar-refractivity contribution in [1.82, 2.24) is 14.9 Å². The van der Waals surface area contributed by atoms with Crippen LogP contribution in [0.2, 0.25) is 5.02 Å². The molecule has 1 atom stereocenters. The minimum atomic E-state index is -0.352. The SMILES string of the molecule is Cc1ccccc1C(NC(=O)c1ccccc1Cl)c1nccn1C. The number of hydrogen-bond donors (Lipinski definition) is 1. The molecule has 122 valence electrons. The lowest BCUT2D eigenvalue weighted by atomic mass is 10.00. The summed E-state index contributed by atoms with van der Waals surface area (Å²) < 4.78 is 1.91. The summed E-state index contributed by atoms with van der Waals surface area (Å²) in [4.78, 5) is 17.2. The maximum absolute atomic E-state index is 12.7. The zero-order valence-corrected chi connectivity index (χ0v) is 14.3. The Hall–Kier alpha value is -2.59. The van der Waals surface area contributed by atoms with Crippen molar-refractivity contribution in [3.8, 4) is 0 Å². The Morgan fingerprint density at radius 1 is 1.17 bits per heavy atom. The van der Waals surface area contributed by atoms with Crippen LogP contribution < -0.4 is 5.32 Å². The molecule has 0 aliphatic rings. The lowest BCUT2D eigenvalue weighted by Gasteiger charge is -2.21. The molecular weight excluding hydrogens is 322 g/mol. The van der Waals surface area contributed by atoms with Gasteiger partial charge in [-0.25, -0.2) is 4.98 Å². The second-order valence-corrected chi connectivity index (χ2v) is 6.05. The van der Waals surface area contributed by atoms with Gasteiger partial charge in [-0.15, -0.1) is 0 Å². The number of amides is 1. The molecule has 0 radical (unpaired) electrons. The Kier molecular flexibility index (Phi) is 4.67. The van der Waals surface area contributed by atoms with Crippen LogP contribution in [-0.2, 0) is 7.05 Å². The summed E-state index contributed by atoms with van der Waals surface area (Å²) >= 11 is 6.15. The summed E-state index contributed by atoms with van der Waals surface area (Å²) in [5.74, 6) is 0.543. The van der Waals surface area contributed by atoms with Crippen LogP contribution in [0.15, 0.2) is 60.9 Å². The molecule has 1 aromatic heterocycles. The van der Waals surface area contributed by atoms with Gasteiger partial charge in [-0.1, -0.05) is 48.0 Å². The molecule has 2 aromatic carbocycles. The smallest absolute Gasteiger partial charge is 0.253 e. The average Bonchev–Trinajstić information content (AvgIpc) is 2.99. The summed E-state index contributed by atoms with van der Waals surface area (Å²) in [6, 6.07) is 14.6. The van der Waals surface area contributed by atoms with E-state index in [4.69, 9.17) is 11.6 Å². The number of carbonyl (C=O) groups excluding carboxylic acids is 1. The molecule has 0 spiro atoms. The van der Waals surface area contributed by atoms with Gasteiger partial charge in [0.25, 0.3) is 5.91 Å². The maximum atomic E-state index is 12.7. The summed E-state index contributed by atoms with van der Waals surface area (Å²) in [6.07, 6.45) is 3.59. The molecule has 24 heavy (non-hydrogen) atoms. The highest BCUT2D eigenvalue weighted by Crippen LogP contribution is 2.25. The first-order valence-electron chi connectivity index (χ1n) is 7.66. The van der Waals surface area contributed by atoms with Gasteiger partial charge in [-0.2, -0.15) is 0 Å². The normalized spacial score (nSPS) is 12.0. The third-order valence-electron chi connectivity index (χ3n) is 4.01. The molecule has 0 bridgehead atoms. The Morgan fingerprint density at radius 2 is 1.88 bits per heavy atom. The van der Waals surface area contributed by atoms with Gasteiger partial charge in [0.05, 0.1) is 10.6 Å². The fourth-order valence-electron chi connectivity index (χ4n) is 2.70. The quantitative estimate of drug-likeness (QED) is 0.783. The minimum Gasteiger partial charge on any atom is -0.338 e. The predicted octanol–water partition coefficient (Wildman–Crippen LogP) is 3.90. The van der Waals surface area contributed by atoms with Gasteiger partial charge in [-0.05, 0) is 30.2 Å². The number of nitrogens with zero attached hydrogens (tertiary/aromatic N) is 2. The lowest BCUT2D eigenvalue weighted by Crippen LogP contribution is -2.31. The Labute approximate surface area is 146 Å². The van der Waals surface area contributed by atoms with Crippen molar-refractivity contribution in [2.45, 2.75) is 13.0 Å². The molecule has 0 saturated carbocycles. The van der Waals surface area contributed by atoms with Gasteiger partial charge in [0.15, 0.2) is 0 Å². The number of rotatable bonds is 4. The number of imidazole rings is 1. The van der Waals surface area contributed by atoms with Gasteiger partial charge < -0.3 is 9.88 Å². The molecule has 0 aliphatic heterocycles. The van der Waals surface area contributed by atoms with Gasteiger partial charge >= 0.3 is 0 Å². The molecule has 1 amide bonds. The summed E-state index contributed by atoms with van der Waals surface area (Å²) in [7, 11) is 1.91. The first-order valence-corrected chi connectivity index (χ1v) is 8.04. The number of aromatic nitrogens is 2. The van der Waals surface area contributed by atoms with Crippen LogP contribution in [0.25, 0.3) is 0 Å². The third kappa shape index (κ3) is 3.19. The summed E-state index contributed by atoms with van der Waals surface area (Å²) in [5, 5.41) is 3.50. The number of aryl methyl sites for hydroxylation is 2. The largest absolute Gasteiger partial charge is 0.338 e. The molecule has 5 heteroatoms. The zero-order valence-electron chi connectivity index (χ0n) is 13.5. The molecule has 4 nitrogen and oxygen atoms in total. The van der Waals surface area contributed by atoms with Crippen LogP contribution in [0.5, 0.6) is 0 Å². The van der Waals surface area contributed by atoms with Crippen LogP contribution >= 0.6 is 11.6 Å². The van der Waals surface area contributed by atoms with Crippen LogP contribution in [0.4, 0.5) is 0 Å². The third-order valence-corrected chi connectivity index (χ3v) is 4.34. The van der Waals surface area contributed by atoms with Crippen LogP contribution in [0, 0.1) is 6.92 Å². The molecule has 0 saturated heterocycles. The van der Waals surface area contributed by atoms with E-state index in [0.717, 1.165) is 17.0 Å². The van der Waals surface area contributed by atoms with Gasteiger partial charge in [0.1, 0.15) is 11.9 Å². The van der Waals surface area contributed by atoms with Crippen molar-refractivity contribution >= 4 is 17.5 Å². The Balaban J connectivity index is 2.00. The molecule has 3 aromatic rings. The standard InChI is InChI=1S/C19H18ClN3O/c1-13-7-3-4-8-14(13)17(18-21-11-12-23(18)2)22-19(24)15-9-5-6-10-16(15)20/h3-12,17H,1-2H3,(H,22,24). The fraction of sp³-hybridized carbons (Fsp3) is 0.158. The van der Waals surface area contributed by atoms with E-state index in [1.165, 1.54) is 0 Å². The molecule has 1 unspecified atom stereocenters. The van der Waals surface area contributed by atoms with Gasteiger partial charge in [-0.3, -0.25) is 4.79 Å². The highest BCUT2D eigenvalue weighted by Gasteiger charge is 2.23. The highest BCUT2D eigenvalue weighted by molar-refractivity contribution is 6.33. The monoisotopic (exact) mass is 339 g/mol. The second kappa shape index (κ2) is 6.89. The van der Waals surface area contributed by atoms with Crippen LogP contribution in [0.1, 0.15) is 33.4 Å². The molecule has 1 heterocycles. The van der Waals surface area contributed by atoms with E-state index in [1.807, 2.05) is 49.0 Å². The van der Waals surface area contributed by atoms with Crippen molar-refractivity contribution in [1.29, 1.82) is 0 Å². The summed E-state index contributed by atoms with van der Waals surface area (Å²) in [6.45, 7) is 2.02. The van der Waals surface area contributed by atoms with E-state index in [9.17, 15) is 4.79 Å². The highest BCUT2D eigenvalue weighted by atomic mass is 35.5. The van der Waals surface area contributed by atoms with Gasteiger partial charge in [0, 0.05) is 19.4 Å². The second-order valence-electron chi connectivity index (χ2n) is 5.64. The first kappa shape index (κ1) is 16.3. The predicted molar refractivity (Wildman–Crippen MR) is 95.1 cm³/mol. The lowest BCUT2D eigenvalue weighted by molar-refractivity contribution is 0.0941. The van der Waals surface area contributed by atoms with E-state index < -0.39 is 0 Å². The van der Waals surface area contributed by atoms with E-state index >= 15 is 0 Å². The van der Waals surface area contributed by atoms with Crippen molar-refractivity contribution in [2.24, 2.45) is 7.05 Å². The average molecular weight is 340 g/mol. The fourth-order valence-corrected chi connectivity index (χ4v) is 2.92. The molecule has 3 rings (SSSR count). The van der Waals surface area contributed by atoms with E-state index in [2.05, 4.69) is 10.3 Å². The topological polar surface area (TPSA) is 46.9 Å². The van der Waals surface area contributed by atoms with Crippen LogP contribution in [-0.4, -0.2) is 15.5 Å². The molecule has 1 N–H and O–H groups in total. The Morgan fingerprint density at radius 3 is 2.54 bits per heavy atom. The van der Waals surface area contributed by atoms with Crippen molar-refractivity contribution in [3.05, 3.63) is 88.5 Å². The minimum absolute atomic E-state index is 0.225. The van der Waals surface area contributed by atoms with Crippen molar-refractivity contribution < 1.29 is 4.79 Å². The number of nitrogens with one attached hydrogen (secondary N) is 1. The first-order chi connectivity index (χ1) is 11.6. The van der Waals surface area contributed by atoms with Gasteiger partial charge in [0.2, 0.25) is 0 Å². The Bertz CT molecular complexity index is 872. The maximum Gasteiger partial charge on any atom is 0.253 e. The molecular formula is C19H18ClN3O. The van der Waals surface area contributed by atoms with Crippen molar-refractivity contribution in [3.63, 3.8) is 0 Å². The van der Waals surface area contributed by atoms with Crippen molar-refractivity contribution in [2.75, 3.05) is 0 Å². The molecule has 0 aliphatic carbocycles. The number of benzene rings is 2. The summed E-state index contributed by atoms with van der Waals surface area (Å²) in [5.41, 5.74) is 2.55. The number of hydrogen-bond acceptors (Lipinski definition) is 2. The van der Waals surface area contributed by atoms with E-state index in [1.54, 1.807) is 30.5 Å². The molecule has 0 fully saturated rings. The number of carbonyl (C=O) groups is 1. The van der Waals surface area contributed by atoms with Crippen LogP contribution in [0.3, 0.4) is 0 Å². The van der Waals surface area contributed by atoms with E-state index in [0.29, 0.717) is 10.6 Å². The van der Waals surface area contributed by atoms with E-state index in [-0.39, 0.29) is 11.9 Å².